The molecule has 2 N–H and O–H groups in total. The fourth-order valence-electron chi connectivity index (χ4n) is 2.42. The van der Waals surface area contributed by atoms with Crippen LogP contribution < -0.4 is 5.32 Å². The van der Waals surface area contributed by atoms with Gasteiger partial charge in [0.25, 0.3) is 0 Å². The highest BCUT2D eigenvalue weighted by molar-refractivity contribution is 5.88. The SMILES string of the molecule is COCC(O)CN(C)C(=O)C1CNc2ccccc21. The van der Waals surface area contributed by atoms with E-state index < -0.39 is 6.10 Å². The summed E-state index contributed by atoms with van der Waals surface area (Å²) in [5, 5.41) is 12.9. The molecule has 1 aliphatic rings. The molecule has 5 heteroatoms. The van der Waals surface area contributed by atoms with Crippen molar-refractivity contribution in [3.05, 3.63) is 29.8 Å². The van der Waals surface area contributed by atoms with Crippen LogP contribution in [0, 0.1) is 0 Å². The van der Waals surface area contributed by atoms with Gasteiger partial charge in [-0.1, -0.05) is 18.2 Å². The van der Waals surface area contributed by atoms with Gasteiger partial charge in [0.05, 0.1) is 18.6 Å². The number of likely N-dealkylation sites (N-methyl/N-ethyl adjacent to an activating group) is 1. The zero-order chi connectivity index (χ0) is 13.8. The molecule has 1 aromatic carbocycles. The zero-order valence-electron chi connectivity index (χ0n) is 11.3. The summed E-state index contributed by atoms with van der Waals surface area (Å²) in [4.78, 5) is 13.9. The number of nitrogens with one attached hydrogen (secondary N) is 1. The maximum atomic E-state index is 12.4. The average Bonchev–Trinajstić information content (AvgIpc) is 2.81. The van der Waals surface area contributed by atoms with E-state index in [0.29, 0.717) is 6.54 Å². The van der Waals surface area contributed by atoms with Crippen LogP contribution in [0.5, 0.6) is 0 Å². The molecule has 1 aliphatic heterocycles. The number of amides is 1. The smallest absolute Gasteiger partial charge is 0.231 e. The molecule has 1 aromatic rings. The first-order valence-electron chi connectivity index (χ1n) is 6.38. The van der Waals surface area contributed by atoms with Crippen LogP contribution in [0.4, 0.5) is 5.69 Å². The molecule has 1 heterocycles. The van der Waals surface area contributed by atoms with Crippen molar-refractivity contribution in [3.63, 3.8) is 0 Å². The number of rotatable bonds is 5. The zero-order valence-corrected chi connectivity index (χ0v) is 11.3. The number of ether oxygens (including phenoxy) is 1. The van der Waals surface area contributed by atoms with Gasteiger partial charge in [0.1, 0.15) is 0 Å². The number of nitrogens with zero attached hydrogens (tertiary/aromatic N) is 1. The second kappa shape index (κ2) is 6.04. The van der Waals surface area contributed by atoms with Crippen molar-refractivity contribution in [1.82, 2.24) is 4.90 Å². The molecule has 0 fully saturated rings. The number of para-hydroxylation sites is 1. The van der Waals surface area contributed by atoms with Gasteiger partial charge in [0.15, 0.2) is 0 Å². The Hall–Kier alpha value is -1.59. The van der Waals surface area contributed by atoms with Gasteiger partial charge in [0, 0.05) is 32.9 Å². The minimum absolute atomic E-state index is 0.0209. The fourth-order valence-corrected chi connectivity index (χ4v) is 2.42. The van der Waals surface area contributed by atoms with Crippen LogP contribution in [-0.4, -0.2) is 55.9 Å². The maximum Gasteiger partial charge on any atom is 0.231 e. The topological polar surface area (TPSA) is 61.8 Å². The van der Waals surface area contributed by atoms with E-state index in [2.05, 4.69) is 5.32 Å². The van der Waals surface area contributed by atoms with E-state index in [4.69, 9.17) is 4.74 Å². The highest BCUT2D eigenvalue weighted by Crippen LogP contribution is 2.32. The van der Waals surface area contributed by atoms with Crippen LogP contribution >= 0.6 is 0 Å². The lowest BCUT2D eigenvalue weighted by molar-refractivity contribution is -0.132. The Labute approximate surface area is 113 Å². The van der Waals surface area contributed by atoms with Gasteiger partial charge >= 0.3 is 0 Å². The number of anilines is 1. The molecule has 2 atom stereocenters. The number of aliphatic hydroxyl groups excluding tert-OH is 1. The highest BCUT2D eigenvalue weighted by Gasteiger charge is 2.30. The predicted molar refractivity (Wildman–Crippen MR) is 73.2 cm³/mol. The minimum Gasteiger partial charge on any atom is -0.389 e. The minimum atomic E-state index is -0.649. The summed E-state index contributed by atoms with van der Waals surface area (Å²) >= 11 is 0. The summed E-state index contributed by atoms with van der Waals surface area (Å²) in [5.74, 6) is -0.149. The van der Waals surface area contributed by atoms with Crippen LogP contribution in [0.3, 0.4) is 0 Å². The van der Waals surface area contributed by atoms with Gasteiger partial charge in [-0.3, -0.25) is 4.79 Å². The molecule has 0 saturated carbocycles. The second-order valence-electron chi connectivity index (χ2n) is 4.85. The van der Waals surface area contributed by atoms with Crippen LogP contribution in [0.2, 0.25) is 0 Å². The molecule has 2 unspecified atom stereocenters. The molecule has 0 radical (unpaired) electrons. The molecule has 0 spiro atoms. The van der Waals surface area contributed by atoms with E-state index in [1.807, 2.05) is 24.3 Å². The molecule has 104 valence electrons. The Morgan fingerprint density at radius 1 is 1.58 bits per heavy atom. The first kappa shape index (κ1) is 13.8. The second-order valence-corrected chi connectivity index (χ2v) is 4.85. The molecule has 0 aliphatic carbocycles. The molecule has 5 nitrogen and oxygen atoms in total. The number of fused-ring (bicyclic) bond motifs is 1. The lowest BCUT2D eigenvalue weighted by Crippen LogP contribution is -2.39. The van der Waals surface area contributed by atoms with E-state index in [0.717, 1.165) is 11.3 Å². The van der Waals surface area contributed by atoms with Crippen LogP contribution in [0.15, 0.2) is 24.3 Å². The van der Waals surface area contributed by atoms with E-state index in [-0.39, 0.29) is 25.0 Å². The van der Waals surface area contributed by atoms with Gasteiger partial charge in [-0.2, -0.15) is 0 Å². The summed E-state index contributed by atoms with van der Waals surface area (Å²) in [6, 6.07) is 7.83. The molecular formula is C14H20N2O3. The molecular weight excluding hydrogens is 244 g/mol. The predicted octanol–water partition coefficient (Wildman–Crippen LogP) is 0.661. The highest BCUT2D eigenvalue weighted by atomic mass is 16.5. The lowest BCUT2D eigenvalue weighted by atomic mass is 10.00. The fraction of sp³-hybridized carbons (Fsp3) is 0.500. The molecule has 1 amide bonds. The Morgan fingerprint density at radius 2 is 2.32 bits per heavy atom. The average molecular weight is 264 g/mol. The van der Waals surface area contributed by atoms with Gasteiger partial charge in [-0.05, 0) is 11.6 Å². The summed E-state index contributed by atoms with van der Waals surface area (Å²) < 4.78 is 4.87. The number of methoxy groups -OCH3 is 1. The number of hydrogen-bond donors (Lipinski definition) is 2. The van der Waals surface area contributed by atoms with E-state index in [1.165, 1.54) is 7.11 Å². The normalized spacial score (nSPS) is 18.6. The van der Waals surface area contributed by atoms with Crippen molar-refractivity contribution >= 4 is 11.6 Å². The molecule has 0 saturated heterocycles. The van der Waals surface area contributed by atoms with E-state index in [9.17, 15) is 9.90 Å². The molecule has 2 rings (SSSR count). The van der Waals surface area contributed by atoms with Crippen LogP contribution in [-0.2, 0) is 9.53 Å². The van der Waals surface area contributed by atoms with Crippen molar-refractivity contribution < 1.29 is 14.6 Å². The van der Waals surface area contributed by atoms with E-state index in [1.54, 1.807) is 11.9 Å². The Morgan fingerprint density at radius 3 is 3.05 bits per heavy atom. The molecule has 0 aromatic heterocycles. The number of aliphatic hydroxyl groups is 1. The monoisotopic (exact) mass is 264 g/mol. The lowest BCUT2D eigenvalue weighted by Gasteiger charge is -2.23. The molecule has 0 bridgehead atoms. The third-order valence-corrected chi connectivity index (χ3v) is 3.35. The quantitative estimate of drug-likeness (QED) is 0.820. The summed E-state index contributed by atoms with van der Waals surface area (Å²) in [5.41, 5.74) is 2.05. The molecule has 19 heavy (non-hydrogen) atoms. The Balaban J connectivity index is 2.01. The van der Waals surface area contributed by atoms with Crippen molar-refractivity contribution in [2.45, 2.75) is 12.0 Å². The van der Waals surface area contributed by atoms with Gasteiger partial charge in [-0.25, -0.2) is 0 Å². The maximum absolute atomic E-state index is 12.4. The summed E-state index contributed by atoms with van der Waals surface area (Å²) in [6.07, 6.45) is -0.649. The third-order valence-electron chi connectivity index (χ3n) is 3.35. The number of carbonyl (C=O) groups excluding carboxylic acids is 1. The van der Waals surface area contributed by atoms with Crippen LogP contribution in [0.1, 0.15) is 11.5 Å². The largest absolute Gasteiger partial charge is 0.389 e. The summed E-state index contributed by atoms with van der Waals surface area (Å²) in [7, 11) is 3.24. The van der Waals surface area contributed by atoms with Crippen molar-refractivity contribution in [2.24, 2.45) is 0 Å². The standard InChI is InChI=1S/C14H20N2O3/c1-16(8-10(17)9-19-2)14(18)12-7-15-13-6-4-3-5-11(12)13/h3-6,10,12,15,17H,7-9H2,1-2H3. The van der Waals surface area contributed by atoms with E-state index >= 15 is 0 Å². The van der Waals surface area contributed by atoms with Crippen LogP contribution in [0.25, 0.3) is 0 Å². The first-order valence-corrected chi connectivity index (χ1v) is 6.38. The van der Waals surface area contributed by atoms with Gasteiger partial charge < -0.3 is 20.1 Å². The van der Waals surface area contributed by atoms with Crippen molar-refractivity contribution in [1.29, 1.82) is 0 Å². The van der Waals surface area contributed by atoms with Crippen molar-refractivity contribution in [2.75, 3.05) is 39.2 Å². The van der Waals surface area contributed by atoms with Crippen molar-refractivity contribution in [3.8, 4) is 0 Å². The number of hydrogen-bond acceptors (Lipinski definition) is 4. The first-order chi connectivity index (χ1) is 9.13. The summed E-state index contributed by atoms with van der Waals surface area (Å²) in [6.45, 7) is 1.13. The number of carbonyl (C=O) groups is 1. The van der Waals surface area contributed by atoms with Gasteiger partial charge in [-0.15, -0.1) is 0 Å². The Kier molecular flexibility index (Phi) is 4.39. The third kappa shape index (κ3) is 3.05. The van der Waals surface area contributed by atoms with Gasteiger partial charge in [0.2, 0.25) is 5.91 Å². The Bertz CT molecular complexity index is 450. The number of benzene rings is 1.